The van der Waals surface area contributed by atoms with Crippen LogP contribution in [0.2, 0.25) is 0 Å². The molecular weight excluding hydrogens is 388 g/mol. The zero-order valence-electron chi connectivity index (χ0n) is 18.5. The first-order chi connectivity index (χ1) is 15.1. The third-order valence-corrected chi connectivity index (χ3v) is 6.56. The molecule has 164 valence electrons. The number of hydrogen-bond donors (Lipinski definition) is 2. The van der Waals surface area contributed by atoms with Crippen LogP contribution < -0.4 is 10.6 Å². The molecule has 0 saturated heterocycles. The summed E-state index contributed by atoms with van der Waals surface area (Å²) in [7, 11) is 1.80. The number of nitrogens with one attached hydrogen (secondary N) is 2. The van der Waals surface area contributed by atoms with Gasteiger partial charge in [0.15, 0.2) is 0 Å². The van der Waals surface area contributed by atoms with Crippen molar-refractivity contribution in [2.24, 2.45) is 10.9 Å². The Labute approximate surface area is 184 Å². The van der Waals surface area contributed by atoms with Crippen molar-refractivity contribution in [3.8, 4) is 0 Å². The van der Waals surface area contributed by atoms with E-state index in [1.807, 2.05) is 31.2 Å². The highest BCUT2D eigenvalue weighted by Crippen LogP contribution is 2.34. The van der Waals surface area contributed by atoms with E-state index in [2.05, 4.69) is 22.8 Å². The summed E-state index contributed by atoms with van der Waals surface area (Å²) in [5.74, 6) is 0.154. The fourth-order valence-corrected chi connectivity index (χ4v) is 4.84. The molecule has 1 fully saturated rings. The second kappa shape index (κ2) is 9.50. The summed E-state index contributed by atoms with van der Waals surface area (Å²) in [5.41, 5.74) is 4.90. The Morgan fingerprint density at radius 3 is 2.74 bits per heavy atom. The van der Waals surface area contributed by atoms with Crippen molar-refractivity contribution in [2.75, 3.05) is 12.4 Å². The Morgan fingerprint density at radius 1 is 1.19 bits per heavy atom. The van der Waals surface area contributed by atoms with Crippen molar-refractivity contribution in [2.45, 2.75) is 64.5 Å². The monoisotopic (exact) mass is 420 g/mol. The predicted octanol–water partition coefficient (Wildman–Crippen LogP) is 4.79. The van der Waals surface area contributed by atoms with E-state index >= 15 is 0 Å². The Morgan fingerprint density at radius 2 is 1.97 bits per heavy atom. The van der Waals surface area contributed by atoms with Crippen LogP contribution in [0.1, 0.15) is 57.4 Å². The molecule has 1 aromatic carbocycles. The molecule has 3 aliphatic rings. The number of aryl methyl sites for hydroxylation is 1. The minimum atomic E-state index is -0.922. The van der Waals surface area contributed by atoms with Gasteiger partial charge in [0, 0.05) is 29.9 Å². The van der Waals surface area contributed by atoms with Gasteiger partial charge in [-0.05, 0) is 43.7 Å². The Bertz CT molecular complexity index is 941. The normalized spacial score (nSPS) is 22.0. The number of likely N-dealkylation sites (N-methyl/N-ethyl adjacent to an activating group) is 1. The maximum atomic E-state index is 13.3. The van der Waals surface area contributed by atoms with Crippen LogP contribution in [0.5, 0.6) is 0 Å². The van der Waals surface area contributed by atoms with Gasteiger partial charge in [0.25, 0.3) is 5.91 Å². The van der Waals surface area contributed by atoms with Gasteiger partial charge < -0.3 is 15.5 Å². The van der Waals surface area contributed by atoms with Crippen LogP contribution in [0.3, 0.4) is 0 Å². The number of carbonyl (C=O) groups excluding carboxylic acids is 2. The topological polar surface area (TPSA) is 73.8 Å². The molecule has 3 amide bonds. The molecule has 6 heteroatoms. The van der Waals surface area contributed by atoms with Crippen molar-refractivity contribution < 1.29 is 9.59 Å². The van der Waals surface area contributed by atoms with Crippen molar-refractivity contribution in [1.82, 2.24) is 10.2 Å². The number of para-hydroxylation sites is 1. The highest BCUT2D eigenvalue weighted by atomic mass is 16.2. The first-order valence-electron chi connectivity index (χ1n) is 11.5. The van der Waals surface area contributed by atoms with Gasteiger partial charge >= 0.3 is 6.03 Å². The van der Waals surface area contributed by atoms with Gasteiger partial charge in [0.05, 0.1) is 5.71 Å². The third-order valence-electron chi connectivity index (χ3n) is 6.56. The summed E-state index contributed by atoms with van der Waals surface area (Å²) < 4.78 is 0. The van der Waals surface area contributed by atoms with E-state index in [1.54, 1.807) is 11.9 Å². The largest absolute Gasteiger partial charge is 0.321 e. The number of anilines is 1. The van der Waals surface area contributed by atoms with Crippen molar-refractivity contribution >= 4 is 23.3 Å². The lowest BCUT2D eigenvalue weighted by Crippen LogP contribution is -2.47. The number of aliphatic imine (C=N–C) groups is 1. The summed E-state index contributed by atoms with van der Waals surface area (Å²) >= 11 is 0. The van der Waals surface area contributed by atoms with Gasteiger partial charge in [-0.25, -0.2) is 4.79 Å². The maximum Gasteiger partial charge on any atom is 0.321 e. The molecule has 1 aliphatic heterocycles. The van der Waals surface area contributed by atoms with Gasteiger partial charge in [-0.15, -0.1) is 0 Å². The van der Waals surface area contributed by atoms with Gasteiger partial charge in [-0.2, -0.15) is 0 Å². The fraction of sp³-hybridized carbons (Fsp3) is 0.480. The highest BCUT2D eigenvalue weighted by Gasteiger charge is 2.34. The predicted molar refractivity (Wildman–Crippen MR) is 124 cm³/mol. The van der Waals surface area contributed by atoms with Crippen LogP contribution in [0.15, 0.2) is 52.7 Å². The number of rotatable bonds is 4. The number of allylic oxidation sites excluding steroid dienone is 4. The van der Waals surface area contributed by atoms with Crippen LogP contribution in [0, 0.1) is 5.92 Å². The molecule has 1 saturated carbocycles. The molecule has 4 rings (SSSR count). The van der Waals surface area contributed by atoms with Crippen molar-refractivity contribution in [3.63, 3.8) is 0 Å². The van der Waals surface area contributed by atoms with E-state index in [0.29, 0.717) is 5.92 Å². The molecular formula is C25H32N4O2. The summed E-state index contributed by atoms with van der Waals surface area (Å²) in [4.78, 5) is 32.7. The van der Waals surface area contributed by atoms with Gasteiger partial charge in [0.1, 0.15) is 0 Å². The molecule has 31 heavy (non-hydrogen) atoms. The number of urea groups is 1. The van der Waals surface area contributed by atoms with Crippen LogP contribution in [0.25, 0.3) is 0 Å². The van der Waals surface area contributed by atoms with Gasteiger partial charge in [-0.1, -0.05) is 56.5 Å². The minimum Gasteiger partial charge on any atom is -0.315 e. The lowest BCUT2D eigenvalue weighted by molar-refractivity contribution is -0.129. The highest BCUT2D eigenvalue weighted by molar-refractivity contribution is 6.08. The lowest BCUT2D eigenvalue weighted by Gasteiger charge is -2.27. The number of carbonyl (C=O) groups is 2. The van der Waals surface area contributed by atoms with E-state index in [-0.39, 0.29) is 5.91 Å². The van der Waals surface area contributed by atoms with Gasteiger partial charge in [0.2, 0.25) is 6.17 Å². The molecule has 1 atom stereocenters. The molecule has 0 bridgehead atoms. The molecule has 1 heterocycles. The summed E-state index contributed by atoms with van der Waals surface area (Å²) in [5, 5.41) is 5.74. The van der Waals surface area contributed by atoms with Gasteiger partial charge in [-0.3, -0.25) is 9.79 Å². The van der Waals surface area contributed by atoms with E-state index < -0.39 is 12.2 Å². The molecule has 0 spiro atoms. The number of hydrogen-bond acceptors (Lipinski definition) is 3. The number of nitrogens with zero attached hydrogens (tertiary/aromatic N) is 2. The standard InChI is InChI=1S/C25H32N4O2/c1-3-17-11-7-9-15-20(17)26-25(31)28-23-24(30)29(2)21-16-10-8-14-19(21)22(27-23)18-12-5-4-6-13-18/h7-9,11,14-15,18,23H,3-6,10,12-13,16H2,1-2H3,(H2,26,28,31). The van der Waals surface area contributed by atoms with Crippen LogP contribution in [0.4, 0.5) is 10.5 Å². The van der Waals surface area contributed by atoms with E-state index in [0.717, 1.165) is 60.3 Å². The molecule has 1 unspecified atom stereocenters. The summed E-state index contributed by atoms with van der Waals surface area (Å²) in [6.45, 7) is 2.05. The smallest absolute Gasteiger partial charge is 0.315 e. The Balaban J connectivity index is 1.61. The Kier molecular flexibility index (Phi) is 6.54. The molecule has 2 N–H and O–H groups in total. The van der Waals surface area contributed by atoms with Crippen molar-refractivity contribution in [3.05, 3.63) is 53.3 Å². The molecule has 1 aromatic rings. The van der Waals surface area contributed by atoms with Crippen LogP contribution >= 0.6 is 0 Å². The second-order valence-corrected chi connectivity index (χ2v) is 8.56. The first-order valence-corrected chi connectivity index (χ1v) is 11.5. The lowest BCUT2D eigenvalue weighted by atomic mass is 9.81. The zero-order chi connectivity index (χ0) is 21.8. The average molecular weight is 421 g/mol. The van der Waals surface area contributed by atoms with E-state index in [1.165, 1.54) is 19.3 Å². The summed E-state index contributed by atoms with van der Waals surface area (Å²) in [6, 6.07) is 7.30. The van der Waals surface area contributed by atoms with E-state index in [4.69, 9.17) is 4.99 Å². The van der Waals surface area contributed by atoms with E-state index in [9.17, 15) is 9.59 Å². The maximum absolute atomic E-state index is 13.3. The quantitative estimate of drug-likeness (QED) is 0.735. The molecule has 0 aromatic heterocycles. The minimum absolute atomic E-state index is 0.187. The third kappa shape index (κ3) is 4.58. The first kappa shape index (κ1) is 21.3. The van der Waals surface area contributed by atoms with Crippen molar-refractivity contribution in [1.29, 1.82) is 0 Å². The molecule has 6 nitrogen and oxygen atoms in total. The van der Waals surface area contributed by atoms with Crippen LogP contribution in [-0.4, -0.2) is 35.8 Å². The Hall–Kier alpha value is -2.89. The number of benzene rings is 1. The fourth-order valence-electron chi connectivity index (χ4n) is 4.84. The molecule has 2 aliphatic carbocycles. The average Bonchev–Trinajstić information content (AvgIpc) is 2.91. The zero-order valence-corrected chi connectivity index (χ0v) is 18.5. The second-order valence-electron chi connectivity index (χ2n) is 8.56. The summed E-state index contributed by atoms with van der Waals surface area (Å²) in [6.07, 6.45) is 11.7. The van der Waals surface area contributed by atoms with Crippen LogP contribution in [-0.2, 0) is 11.2 Å². The number of amides is 3. The SMILES string of the molecule is CCc1ccccc1NC(=O)NC1N=C(C2CCCCC2)C2=C(CCC=C2)N(C)C1=O. The molecule has 0 radical (unpaired) electrons.